The van der Waals surface area contributed by atoms with Gasteiger partial charge >= 0.3 is 11.9 Å². The topological polar surface area (TPSA) is 215 Å². The number of hydrogen-bond acceptors (Lipinski definition) is 13. The maximum Gasteiger partial charge on any atom is 0.373 e. The van der Waals surface area contributed by atoms with Crippen LogP contribution in [0.3, 0.4) is 0 Å². The van der Waals surface area contributed by atoms with Crippen molar-refractivity contribution in [2.45, 2.75) is 125 Å². The number of aliphatic hydroxyl groups excluding tert-OH is 4. The number of cyclic esters (lactones) is 1. The van der Waals surface area contributed by atoms with Gasteiger partial charge in [-0.1, -0.05) is 83.9 Å². The maximum atomic E-state index is 13.9. The molecular weight excluding hydrogens is 750 g/mol. The number of ether oxygens (including phenoxy) is 4. The number of allylic oxidation sites excluding steroid dienone is 7. The predicted molar refractivity (Wildman–Crippen MR) is 216 cm³/mol. The number of rotatable bonds is 15. The van der Waals surface area contributed by atoms with Crippen molar-refractivity contribution in [3.05, 3.63) is 70.9 Å². The van der Waals surface area contributed by atoms with E-state index in [-0.39, 0.29) is 47.8 Å². The molecule has 11 unspecified atom stereocenters. The molecule has 0 saturated carbocycles. The Morgan fingerprint density at radius 2 is 1.66 bits per heavy atom. The largest absolute Gasteiger partial charge is 0.510 e. The van der Waals surface area contributed by atoms with Crippen molar-refractivity contribution in [3.63, 3.8) is 0 Å². The molecule has 2 aliphatic rings. The van der Waals surface area contributed by atoms with Crippen LogP contribution in [0.4, 0.5) is 0 Å². The molecule has 0 radical (unpaired) electrons. The third-order valence-corrected chi connectivity index (χ3v) is 10.9. The van der Waals surface area contributed by atoms with E-state index in [2.05, 4.69) is 5.32 Å². The average Bonchev–Trinajstić information content (AvgIpc) is 3.49. The number of hydrogen-bond donors (Lipinski definition) is 5. The number of methoxy groups -OCH3 is 2. The first-order valence-electron chi connectivity index (χ1n) is 19.9. The standard InChI is InChI=1S/C44H65NO13/c1-23(2)40(51)29(8)35(57-38(50)18-17-37(49)45-39-31(46)15-16-32(39)47)22-33(48)28(7)42(53)30(9)43-34(55-10)14-12-13-24(3)19-26(5)41(52)27(6)20-25(4)21-36(56-11)44(54)58-43/h12-14,17-18,20-21,23,26-30,34-35,40-43,46,51-53H,15-16,19,22H2,1-11H3,(H,45,49)/b14-12-,18-17+,24-13+,25-20+,36-21+. The second kappa shape index (κ2) is 23.3. The molecule has 1 amide bonds. The van der Waals surface area contributed by atoms with E-state index < -0.39 is 90.2 Å². The number of aliphatic hydroxyl groups is 4. The van der Waals surface area contributed by atoms with Crippen LogP contribution in [-0.4, -0.2) is 101 Å². The Labute approximate surface area is 342 Å². The molecule has 58 heavy (non-hydrogen) atoms. The van der Waals surface area contributed by atoms with Gasteiger partial charge in [0.25, 0.3) is 0 Å². The molecule has 1 heterocycles. The van der Waals surface area contributed by atoms with Gasteiger partial charge < -0.3 is 44.7 Å². The third-order valence-electron chi connectivity index (χ3n) is 10.9. The van der Waals surface area contributed by atoms with Gasteiger partial charge in [0.2, 0.25) is 11.7 Å². The molecule has 14 heteroatoms. The number of esters is 2. The SMILES string of the molecule is CO/C1=C/C(C)=C/C(C)C(O)C(C)C/C(C)=C/C=C\C(OC)C(C(C)C(O)C(C)C(=O)CC(OC(=O)/C=C/C(=O)NC2=C(O)CCC2=O)C(C)C(O)C(C)C)OC1=O. The van der Waals surface area contributed by atoms with Crippen LogP contribution in [-0.2, 0) is 42.9 Å². The first kappa shape index (κ1) is 49.8. The number of carbonyl (C=O) groups excluding carboxylic acids is 5. The highest BCUT2D eigenvalue weighted by molar-refractivity contribution is 6.04. The van der Waals surface area contributed by atoms with Crippen LogP contribution < -0.4 is 5.32 Å². The van der Waals surface area contributed by atoms with E-state index in [1.54, 1.807) is 46.8 Å². The zero-order chi connectivity index (χ0) is 44.0. The van der Waals surface area contributed by atoms with Crippen LogP contribution in [0.1, 0.15) is 88.0 Å². The lowest BCUT2D eigenvalue weighted by molar-refractivity contribution is -0.162. The molecule has 0 saturated heterocycles. The van der Waals surface area contributed by atoms with Crippen molar-refractivity contribution >= 4 is 29.4 Å². The van der Waals surface area contributed by atoms with Crippen LogP contribution in [0.25, 0.3) is 0 Å². The minimum Gasteiger partial charge on any atom is -0.510 e. The second-order valence-corrected chi connectivity index (χ2v) is 16.1. The van der Waals surface area contributed by atoms with Gasteiger partial charge in [0.05, 0.1) is 25.4 Å². The summed E-state index contributed by atoms with van der Waals surface area (Å²) in [5, 5.41) is 45.7. The number of ketones is 2. The number of carbonyl (C=O) groups is 5. The predicted octanol–water partition coefficient (Wildman–Crippen LogP) is 4.89. The van der Waals surface area contributed by atoms with E-state index in [9.17, 15) is 44.4 Å². The first-order valence-corrected chi connectivity index (χ1v) is 19.9. The lowest BCUT2D eigenvalue weighted by atomic mass is 9.81. The highest BCUT2D eigenvalue weighted by atomic mass is 16.6. The lowest BCUT2D eigenvalue weighted by Gasteiger charge is -2.34. The van der Waals surface area contributed by atoms with Crippen LogP contribution in [0.2, 0.25) is 0 Å². The molecule has 324 valence electrons. The Balaban J connectivity index is 2.41. The summed E-state index contributed by atoms with van der Waals surface area (Å²) in [6.45, 7) is 15.8. The van der Waals surface area contributed by atoms with E-state index in [0.29, 0.717) is 12.0 Å². The number of nitrogens with one attached hydrogen (secondary N) is 1. The Hall–Kier alpha value is -4.37. The van der Waals surface area contributed by atoms with Crippen LogP contribution in [0.15, 0.2) is 70.9 Å². The highest BCUT2D eigenvalue weighted by Gasteiger charge is 2.40. The fraction of sp³-hybridized carbons (Fsp3) is 0.614. The summed E-state index contributed by atoms with van der Waals surface area (Å²) in [6, 6.07) is 0. The smallest absolute Gasteiger partial charge is 0.373 e. The van der Waals surface area contributed by atoms with Crippen molar-refractivity contribution in [2.24, 2.45) is 35.5 Å². The number of amides is 1. The molecule has 0 aromatic carbocycles. The van der Waals surface area contributed by atoms with Gasteiger partial charge in [0, 0.05) is 62.2 Å². The Kier molecular flexibility index (Phi) is 20.0. The van der Waals surface area contributed by atoms with Gasteiger partial charge in [0.15, 0.2) is 5.78 Å². The summed E-state index contributed by atoms with van der Waals surface area (Å²) < 4.78 is 22.8. The van der Waals surface area contributed by atoms with Crippen LogP contribution >= 0.6 is 0 Å². The summed E-state index contributed by atoms with van der Waals surface area (Å²) in [5.41, 5.74) is 1.41. The van der Waals surface area contributed by atoms with Crippen molar-refractivity contribution < 1.29 is 63.3 Å². The normalized spacial score (nSPS) is 29.1. The van der Waals surface area contributed by atoms with Crippen LogP contribution in [0, 0.1) is 35.5 Å². The van der Waals surface area contributed by atoms with E-state index in [1.165, 1.54) is 27.2 Å². The molecule has 0 aromatic heterocycles. The van der Waals surface area contributed by atoms with Gasteiger partial charge in [-0.25, -0.2) is 9.59 Å². The third kappa shape index (κ3) is 14.5. The van der Waals surface area contributed by atoms with E-state index in [0.717, 1.165) is 17.7 Å². The van der Waals surface area contributed by atoms with Gasteiger partial charge in [0.1, 0.15) is 35.6 Å². The Morgan fingerprint density at radius 3 is 2.22 bits per heavy atom. The van der Waals surface area contributed by atoms with Crippen molar-refractivity contribution in [1.82, 2.24) is 5.32 Å². The molecule has 14 nitrogen and oxygen atoms in total. The molecule has 2 rings (SSSR count). The van der Waals surface area contributed by atoms with Crippen LogP contribution in [0.5, 0.6) is 0 Å². The molecule has 5 N–H and O–H groups in total. The van der Waals surface area contributed by atoms with Crippen molar-refractivity contribution in [1.29, 1.82) is 0 Å². The summed E-state index contributed by atoms with van der Waals surface area (Å²) >= 11 is 0. The van der Waals surface area contributed by atoms with Gasteiger partial charge in [-0.3, -0.25) is 14.4 Å². The molecule has 1 aliphatic heterocycles. The second-order valence-electron chi connectivity index (χ2n) is 16.1. The summed E-state index contributed by atoms with van der Waals surface area (Å²) in [6.07, 6.45) is 4.38. The maximum absolute atomic E-state index is 13.9. The van der Waals surface area contributed by atoms with E-state index in [4.69, 9.17) is 18.9 Å². The van der Waals surface area contributed by atoms with Gasteiger partial charge in [-0.2, -0.15) is 0 Å². The average molecular weight is 816 g/mol. The summed E-state index contributed by atoms with van der Waals surface area (Å²) in [7, 11) is 2.74. The molecule has 11 atom stereocenters. The summed E-state index contributed by atoms with van der Waals surface area (Å²) in [5.74, 6) is -7.39. The molecule has 0 bridgehead atoms. The molecule has 1 aliphatic carbocycles. The Bertz CT molecular complexity index is 1650. The van der Waals surface area contributed by atoms with Crippen molar-refractivity contribution in [2.75, 3.05) is 14.2 Å². The molecule has 0 fully saturated rings. The van der Waals surface area contributed by atoms with E-state index in [1.807, 2.05) is 32.9 Å². The fourth-order valence-electron chi connectivity index (χ4n) is 7.16. The zero-order valence-electron chi connectivity index (χ0n) is 35.8. The minimum absolute atomic E-state index is 0.0492. The zero-order valence-corrected chi connectivity index (χ0v) is 35.8. The first-order chi connectivity index (χ1) is 27.1. The Morgan fingerprint density at radius 1 is 1.00 bits per heavy atom. The van der Waals surface area contributed by atoms with Gasteiger partial charge in [-0.05, 0) is 38.2 Å². The summed E-state index contributed by atoms with van der Waals surface area (Å²) in [4.78, 5) is 64.7. The minimum atomic E-state index is -1.41. The molecular formula is C44H65NO13. The lowest BCUT2D eigenvalue weighted by Crippen LogP contribution is -2.46. The quantitative estimate of drug-likeness (QED) is 0.110. The molecule has 0 spiro atoms. The molecule has 0 aromatic rings. The van der Waals surface area contributed by atoms with E-state index >= 15 is 0 Å². The number of Topliss-reactive ketones (excluding diaryl/α,β-unsaturated/α-hetero) is 2. The van der Waals surface area contributed by atoms with Gasteiger partial charge in [-0.15, -0.1) is 0 Å². The highest BCUT2D eigenvalue weighted by Crippen LogP contribution is 2.29. The van der Waals surface area contributed by atoms with Crippen molar-refractivity contribution in [3.8, 4) is 0 Å². The fourth-order valence-corrected chi connectivity index (χ4v) is 7.16. The monoisotopic (exact) mass is 815 g/mol.